The summed E-state index contributed by atoms with van der Waals surface area (Å²) < 4.78 is 5.14. The highest BCUT2D eigenvalue weighted by atomic mass is 16.4. The zero-order chi connectivity index (χ0) is 21.9. The highest BCUT2D eigenvalue weighted by molar-refractivity contribution is 5.94. The minimum absolute atomic E-state index is 0.134. The van der Waals surface area contributed by atoms with Crippen molar-refractivity contribution in [1.82, 2.24) is 5.32 Å². The number of carbonyl (C=O) groups is 1. The van der Waals surface area contributed by atoms with Gasteiger partial charge in [-0.05, 0) is 48.5 Å². The molecule has 3 rings (SSSR count). The van der Waals surface area contributed by atoms with E-state index >= 15 is 0 Å². The van der Waals surface area contributed by atoms with Crippen molar-refractivity contribution < 1.29 is 14.3 Å². The second-order valence-corrected chi connectivity index (χ2v) is 5.89. The van der Waals surface area contributed by atoms with Crippen LogP contribution in [0.3, 0.4) is 0 Å². The fourth-order valence-corrected chi connectivity index (χ4v) is 2.42. The first-order valence-corrected chi connectivity index (χ1v) is 9.04. The second-order valence-electron chi connectivity index (χ2n) is 5.89. The monoisotopic (exact) mass is 402 g/mol. The highest BCUT2D eigenvalue weighted by Gasteiger charge is 2.07. The Morgan fingerprint density at radius 3 is 2.13 bits per heavy atom. The van der Waals surface area contributed by atoms with Crippen molar-refractivity contribution in [2.45, 2.75) is 6.54 Å². The van der Waals surface area contributed by atoms with Crippen LogP contribution in [0.2, 0.25) is 0 Å². The number of carbonyl (C=O) groups excluding carboxylic acids is 1. The summed E-state index contributed by atoms with van der Waals surface area (Å²) in [6.07, 6.45) is 1.25. The molecule has 0 aliphatic carbocycles. The van der Waals surface area contributed by atoms with Crippen molar-refractivity contribution in [2.24, 2.45) is 0 Å². The largest absolute Gasteiger partial charge is 0.502 e. The molecule has 0 aliphatic heterocycles. The fourth-order valence-electron chi connectivity index (χ4n) is 2.42. The summed E-state index contributed by atoms with van der Waals surface area (Å²) in [5.74, 6) is 5.77. The Labute approximate surface area is 174 Å². The van der Waals surface area contributed by atoms with Crippen LogP contribution in [-0.4, -0.2) is 18.1 Å². The van der Waals surface area contributed by atoms with Gasteiger partial charge in [0, 0.05) is 35.5 Å². The van der Waals surface area contributed by atoms with E-state index < -0.39 is 5.43 Å². The number of anilines is 1. The number of nitrogens with one attached hydrogen (secondary N) is 2. The molecule has 0 atom stereocenters. The van der Waals surface area contributed by atoms with Crippen molar-refractivity contribution in [1.29, 1.82) is 0 Å². The third-order valence-electron chi connectivity index (χ3n) is 3.99. The minimum atomic E-state index is -0.475. The molecule has 1 heterocycles. The van der Waals surface area contributed by atoms with Crippen molar-refractivity contribution >= 4 is 11.6 Å². The van der Waals surface area contributed by atoms with Gasteiger partial charge in [0.1, 0.15) is 0 Å². The Kier molecular flexibility index (Phi) is 8.04. The van der Waals surface area contributed by atoms with Crippen molar-refractivity contribution in [3.63, 3.8) is 0 Å². The highest BCUT2D eigenvalue weighted by Crippen LogP contribution is 2.15. The van der Waals surface area contributed by atoms with Gasteiger partial charge in [0.25, 0.3) is 5.91 Å². The van der Waals surface area contributed by atoms with E-state index in [2.05, 4.69) is 35.6 Å². The summed E-state index contributed by atoms with van der Waals surface area (Å²) >= 11 is 0. The molecule has 3 aromatic rings. The van der Waals surface area contributed by atoms with Crippen LogP contribution in [0.15, 0.2) is 83.2 Å². The van der Waals surface area contributed by atoms with Gasteiger partial charge in [-0.2, -0.15) is 0 Å². The van der Waals surface area contributed by atoms with Crippen molar-refractivity contribution in [3.8, 4) is 17.6 Å². The molecule has 152 valence electrons. The molecular formula is C24H22N2O4. The van der Waals surface area contributed by atoms with Gasteiger partial charge in [-0.3, -0.25) is 9.59 Å². The predicted octanol–water partition coefficient (Wildman–Crippen LogP) is 3.52. The van der Waals surface area contributed by atoms with Gasteiger partial charge >= 0.3 is 0 Å². The van der Waals surface area contributed by atoms with E-state index in [9.17, 15) is 14.7 Å². The maximum absolute atomic E-state index is 11.5. The van der Waals surface area contributed by atoms with E-state index in [-0.39, 0.29) is 24.0 Å². The predicted molar refractivity (Wildman–Crippen MR) is 117 cm³/mol. The van der Waals surface area contributed by atoms with E-state index in [1.54, 1.807) is 31.3 Å². The van der Waals surface area contributed by atoms with E-state index in [1.807, 2.05) is 24.3 Å². The van der Waals surface area contributed by atoms with Crippen LogP contribution in [-0.2, 0) is 6.54 Å². The maximum Gasteiger partial charge on any atom is 0.251 e. The quantitative estimate of drug-likeness (QED) is 0.459. The molecule has 6 nitrogen and oxygen atoms in total. The van der Waals surface area contributed by atoms with Gasteiger partial charge in [-0.1, -0.05) is 11.8 Å². The van der Waals surface area contributed by atoms with Gasteiger partial charge in [0.2, 0.25) is 11.2 Å². The van der Waals surface area contributed by atoms with Gasteiger partial charge in [0.05, 0.1) is 12.8 Å². The topological polar surface area (TPSA) is 91.6 Å². The molecule has 1 aromatic heterocycles. The molecule has 3 N–H and O–H groups in total. The van der Waals surface area contributed by atoms with Crippen LogP contribution < -0.4 is 16.1 Å². The van der Waals surface area contributed by atoms with Crippen LogP contribution in [0.4, 0.5) is 5.69 Å². The minimum Gasteiger partial charge on any atom is -0.502 e. The smallest absolute Gasteiger partial charge is 0.251 e. The summed E-state index contributed by atoms with van der Waals surface area (Å²) in [6, 6.07) is 15.6. The van der Waals surface area contributed by atoms with E-state index in [4.69, 9.17) is 4.42 Å². The molecule has 0 unspecified atom stereocenters. The zero-order valence-electron chi connectivity index (χ0n) is 16.6. The standard InChI is InChI=1S/C22H18N2O4.C2H4/c1-23-22(27)17-8-4-15(5-9-17)2-3-16-6-10-18(11-7-16)24-14-20-21(26)19(25)12-13-28-20;1-2/h4-13,24,26H,14H2,1H3,(H,23,27);1-2H2. The Hall–Kier alpha value is -4.24. The third-order valence-corrected chi connectivity index (χ3v) is 3.99. The molecule has 0 fully saturated rings. The second kappa shape index (κ2) is 10.9. The van der Waals surface area contributed by atoms with E-state index in [1.165, 1.54) is 12.3 Å². The number of aromatic hydroxyl groups is 1. The summed E-state index contributed by atoms with van der Waals surface area (Å²) in [4.78, 5) is 22.9. The van der Waals surface area contributed by atoms with Gasteiger partial charge in [-0.25, -0.2) is 0 Å². The summed E-state index contributed by atoms with van der Waals surface area (Å²) in [5.41, 5.74) is 2.55. The molecule has 30 heavy (non-hydrogen) atoms. The first-order valence-electron chi connectivity index (χ1n) is 9.04. The lowest BCUT2D eigenvalue weighted by Gasteiger charge is -2.06. The molecule has 0 bridgehead atoms. The molecule has 0 saturated heterocycles. The number of hydrogen-bond acceptors (Lipinski definition) is 5. The van der Waals surface area contributed by atoms with Crippen LogP contribution in [0.5, 0.6) is 5.75 Å². The Morgan fingerprint density at radius 1 is 1.00 bits per heavy atom. The van der Waals surface area contributed by atoms with Crippen LogP contribution >= 0.6 is 0 Å². The fraction of sp³-hybridized carbons (Fsp3) is 0.0833. The summed E-state index contributed by atoms with van der Waals surface area (Å²) in [7, 11) is 1.59. The SMILES string of the molecule is C=C.CNC(=O)c1ccc(C#Cc2ccc(NCc3occc(=O)c3O)cc2)cc1. The Morgan fingerprint density at radius 2 is 1.57 bits per heavy atom. The molecule has 0 aliphatic rings. The number of benzene rings is 2. The molecule has 1 amide bonds. The Bertz CT molecular complexity index is 1100. The number of rotatable bonds is 4. The van der Waals surface area contributed by atoms with Crippen LogP contribution in [0.1, 0.15) is 27.2 Å². The van der Waals surface area contributed by atoms with E-state index in [0.717, 1.165) is 16.8 Å². The lowest BCUT2D eigenvalue weighted by atomic mass is 10.1. The molecule has 2 aromatic carbocycles. The average Bonchev–Trinajstić information content (AvgIpc) is 2.80. The number of hydrogen-bond donors (Lipinski definition) is 3. The first-order chi connectivity index (χ1) is 14.6. The summed E-state index contributed by atoms with van der Waals surface area (Å²) in [5, 5.41) is 15.3. The average molecular weight is 402 g/mol. The van der Waals surface area contributed by atoms with Gasteiger partial charge in [0.15, 0.2) is 5.76 Å². The van der Waals surface area contributed by atoms with Crippen LogP contribution in [0, 0.1) is 11.8 Å². The lowest BCUT2D eigenvalue weighted by molar-refractivity contribution is 0.0963. The first kappa shape index (κ1) is 22.1. The Balaban J connectivity index is 0.00000155. The van der Waals surface area contributed by atoms with Crippen LogP contribution in [0.25, 0.3) is 0 Å². The number of amides is 1. The van der Waals surface area contributed by atoms with Gasteiger partial charge in [-0.15, -0.1) is 13.2 Å². The molecule has 0 radical (unpaired) electrons. The zero-order valence-corrected chi connectivity index (χ0v) is 16.6. The van der Waals surface area contributed by atoms with Gasteiger partial charge < -0.3 is 20.2 Å². The maximum atomic E-state index is 11.5. The van der Waals surface area contributed by atoms with E-state index in [0.29, 0.717) is 5.56 Å². The molecular weight excluding hydrogens is 380 g/mol. The van der Waals surface area contributed by atoms with Crippen molar-refractivity contribution in [3.05, 3.63) is 107 Å². The lowest BCUT2D eigenvalue weighted by Crippen LogP contribution is -2.17. The molecule has 6 heteroatoms. The van der Waals surface area contributed by atoms with Crippen molar-refractivity contribution in [2.75, 3.05) is 12.4 Å². The normalized spacial score (nSPS) is 9.37. The molecule has 0 saturated carbocycles. The third kappa shape index (κ3) is 5.88. The summed E-state index contributed by atoms with van der Waals surface area (Å²) in [6.45, 7) is 6.19. The molecule has 0 spiro atoms.